The number of aromatic nitrogens is 4. The van der Waals surface area contributed by atoms with E-state index in [0.29, 0.717) is 12.8 Å². The predicted octanol–water partition coefficient (Wildman–Crippen LogP) is 5.26. The van der Waals surface area contributed by atoms with Gasteiger partial charge in [-0.05, 0) is 50.9 Å². The van der Waals surface area contributed by atoms with E-state index >= 15 is 0 Å². The number of nitrogens with zero attached hydrogens (tertiary/aromatic N) is 6. The molecule has 0 radical (unpaired) electrons. The van der Waals surface area contributed by atoms with Gasteiger partial charge < -0.3 is 14.2 Å². The van der Waals surface area contributed by atoms with Gasteiger partial charge in [0.1, 0.15) is 18.7 Å². The van der Waals surface area contributed by atoms with Gasteiger partial charge in [-0.3, -0.25) is 4.90 Å². The number of ether oxygens (including phenoxy) is 1. The van der Waals surface area contributed by atoms with E-state index in [-0.39, 0.29) is 0 Å². The van der Waals surface area contributed by atoms with Crippen molar-refractivity contribution in [3.05, 3.63) is 37.2 Å². The highest BCUT2D eigenvalue weighted by Gasteiger charge is 2.28. The summed E-state index contributed by atoms with van der Waals surface area (Å²) in [6, 6.07) is 4.00. The fraction of sp³-hybridized carbons (Fsp3) is 0.593. The molecule has 188 valence electrons. The highest BCUT2D eigenvalue weighted by molar-refractivity contribution is 6.76. The van der Waals surface area contributed by atoms with Crippen LogP contribution < -0.4 is 4.90 Å². The SMILES string of the molecule is C[Si](C)(C)CCOCn1cc(-c2cncnc2)c2c(N3CCC[C@H](N4CCCCC4)C3)ccnc21. The Hall–Kier alpha value is -2.29. The molecule has 35 heavy (non-hydrogen) atoms. The molecule has 5 rings (SSSR count). The second kappa shape index (κ2) is 10.8. The molecule has 0 unspecified atom stereocenters. The average molecular weight is 493 g/mol. The molecule has 2 fully saturated rings. The summed E-state index contributed by atoms with van der Waals surface area (Å²) in [5, 5.41) is 1.19. The first-order valence-electron chi connectivity index (χ1n) is 13.3. The molecule has 0 bridgehead atoms. The van der Waals surface area contributed by atoms with Crippen LogP contribution in [0.25, 0.3) is 22.2 Å². The fourth-order valence-corrected chi connectivity index (χ4v) is 6.27. The molecule has 0 amide bonds. The Kier molecular flexibility index (Phi) is 7.50. The summed E-state index contributed by atoms with van der Waals surface area (Å²) in [7, 11) is -1.13. The van der Waals surface area contributed by atoms with Crippen LogP contribution in [-0.4, -0.2) is 71.3 Å². The summed E-state index contributed by atoms with van der Waals surface area (Å²) in [4.78, 5) is 18.8. The van der Waals surface area contributed by atoms with Gasteiger partial charge in [-0.25, -0.2) is 15.0 Å². The lowest BCUT2D eigenvalue weighted by Gasteiger charge is -2.42. The molecule has 1 atom stereocenters. The first-order valence-corrected chi connectivity index (χ1v) is 17.0. The Labute approximate surface area is 210 Å². The van der Waals surface area contributed by atoms with Gasteiger partial charge >= 0.3 is 0 Å². The summed E-state index contributed by atoms with van der Waals surface area (Å²) in [5.74, 6) is 0. The molecule has 2 aliphatic rings. The maximum absolute atomic E-state index is 6.14. The van der Waals surface area contributed by atoms with E-state index in [2.05, 4.69) is 56.2 Å². The van der Waals surface area contributed by atoms with Gasteiger partial charge in [-0.1, -0.05) is 26.1 Å². The molecule has 5 heterocycles. The van der Waals surface area contributed by atoms with Crippen molar-refractivity contribution in [2.75, 3.05) is 37.7 Å². The molecule has 0 spiro atoms. The van der Waals surface area contributed by atoms with Crippen LogP contribution in [0.4, 0.5) is 5.69 Å². The number of hydrogen-bond donors (Lipinski definition) is 0. The van der Waals surface area contributed by atoms with Crippen molar-refractivity contribution < 1.29 is 4.74 Å². The largest absolute Gasteiger partial charge is 0.369 e. The van der Waals surface area contributed by atoms with Crippen molar-refractivity contribution in [3.63, 3.8) is 0 Å². The lowest BCUT2D eigenvalue weighted by molar-refractivity contribution is 0.0899. The first-order chi connectivity index (χ1) is 17.0. The molecular formula is C27H40N6OSi. The monoisotopic (exact) mass is 492 g/mol. The lowest BCUT2D eigenvalue weighted by Crippen LogP contribution is -2.49. The number of likely N-dealkylation sites (tertiary alicyclic amines) is 1. The van der Waals surface area contributed by atoms with Gasteiger partial charge in [-0.15, -0.1) is 0 Å². The van der Waals surface area contributed by atoms with Gasteiger partial charge in [0.05, 0.1) is 5.39 Å². The van der Waals surface area contributed by atoms with Crippen LogP contribution >= 0.6 is 0 Å². The zero-order chi connectivity index (χ0) is 24.3. The fourth-order valence-electron chi connectivity index (χ4n) is 5.51. The molecule has 8 heteroatoms. The maximum atomic E-state index is 6.14. The molecule has 3 aromatic rings. The Bertz CT molecular complexity index is 1110. The molecule has 0 aromatic carbocycles. The van der Waals surface area contributed by atoms with Gasteiger partial charge in [0.15, 0.2) is 0 Å². The quantitative estimate of drug-likeness (QED) is 0.316. The average Bonchev–Trinajstić information content (AvgIpc) is 3.26. The van der Waals surface area contributed by atoms with Crippen molar-refractivity contribution >= 4 is 24.8 Å². The first kappa shape index (κ1) is 24.4. The second-order valence-electron chi connectivity index (χ2n) is 11.4. The van der Waals surface area contributed by atoms with Crippen LogP contribution in [0.5, 0.6) is 0 Å². The highest BCUT2D eigenvalue weighted by Crippen LogP contribution is 2.37. The highest BCUT2D eigenvalue weighted by atomic mass is 28.3. The van der Waals surface area contributed by atoms with Crippen LogP contribution in [0.1, 0.15) is 32.1 Å². The number of pyridine rings is 1. The van der Waals surface area contributed by atoms with E-state index in [9.17, 15) is 0 Å². The van der Waals surface area contributed by atoms with Crippen LogP contribution in [0.3, 0.4) is 0 Å². The molecule has 0 saturated carbocycles. The Morgan fingerprint density at radius 3 is 2.60 bits per heavy atom. The lowest BCUT2D eigenvalue weighted by atomic mass is 9.99. The van der Waals surface area contributed by atoms with Gasteiger partial charge in [0.25, 0.3) is 0 Å². The van der Waals surface area contributed by atoms with Crippen molar-refractivity contribution in [2.24, 2.45) is 0 Å². The van der Waals surface area contributed by atoms with Crippen molar-refractivity contribution in [1.29, 1.82) is 0 Å². The zero-order valence-electron chi connectivity index (χ0n) is 21.6. The number of anilines is 1. The third kappa shape index (κ3) is 5.76. The molecule has 3 aromatic heterocycles. The smallest absolute Gasteiger partial charge is 0.144 e. The van der Waals surface area contributed by atoms with Crippen LogP contribution in [0.2, 0.25) is 25.7 Å². The normalized spacial score (nSPS) is 20.0. The number of hydrogen-bond acceptors (Lipinski definition) is 6. The predicted molar refractivity (Wildman–Crippen MR) is 146 cm³/mol. The van der Waals surface area contributed by atoms with E-state index in [4.69, 9.17) is 9.72 Å². The van der Waals surface area contributed by atoms with E-state index < -0.39 is 8.07 Å². The third-order valence-corrected chi connectivity index (χ3v) is 9.18. The zero-order valence-corrected chi connectivity index (χ0v) is 22.6. The van der Waals surface area contributed by atoms with Crippen LogP contribution in [0, 0.1) is 0 Å². The molecule has 0 aliphatic carbocycles. The Morgan fingerprint density at radius 2 is 1.83 bits per heavy atom. The summed E-state index contributed by atoms with van der Waals surface area (Å²) in [5.41, 5.74) is 4.42. The standard InChI is InChI=1S/C27H40N6OSi/c1-35(2,3)15-14-34-21-33-19-24(22-16-28-20-29-17-22)26-25(9-10-30-27(26)33)32-13-7-8-23(18-32)31-11-5-4-6-12-31/h9-10,16-17,19-20,23H,4-8,11-15,18,21H2,1-3H3/t23-/m0/s1. The number of rotatable bonds is 8. The van der Waals surface area contributed by atoms with E-state index in [0.717, 1.165) is 42.5 Å². The summed E-state index contributed by atoms with van der Waals surface area (Å²) >= 11 is 0. The number of piperidine rings is 2. The van der Waals surface area contributed by atoms with Crippen LogP contribution in [-0.2, 0) is 11.5 Å². The van der Waals surface area contributed by atoms with Crippen molar-refractivity contribution in [3.8, 4) is 11.1 Å². The van der Waals surface area contributed by atoms with Crippen molar-refractivity contribution in [2.45, 2.75) is 70.6 Å². The van der Waals surface area contributed by atoms with Gasteiger partial charge in [0.2, 0.25) is 0 Å². The summed E-state index contributed by atoms with van der Waals surface area (Å²) in [6.07, 6.45) is 16.1. The minimum absolute atomic E-state index is 0.515. The molecule has 2 saturated heterocycles. The van der Waals surface area contributed by atoms with Gasteiger partial charge in [0, 0.05) is 75.4 Å². The molecule has 2 aliphatic heterocycles. The molecule has 0 N–H and O–H groups in total. The molecular weight excluding hydrogens is 452 g/mol. The topological polar surface area (TPSA) is 59.3 Å². The minimum Gasteiger partial charge on any atom is -0.369 e. The van der Waals surface area contributed by atoms with Crippen LogP contribution in [0.15, 0.2) is 37.2 Å². The van der Waals surface area contributed by atoms with E-state index in [1.807, 2.05) is 18.6 Å². The van der Waals surface area contributed by atoms with Crippen molar-refractivity contribution in [1.82, 2.24) is 24.4 Å². The van der Waals surface area contributed by atoms with E-state index in [1.54, 1.807) is 6.33 Å². The minimum atomic E-state index is -1.13. The summed E-state index contributed by atoms with van der Waals surface area (Å²) < 4.78 is 8.31. The van der Waals surface area contributed by atoms with E-state index in [1.165, 1.54) is 56.3 Å². The summed E-state index contributed by atoms with van der Waals surface area (Å²) in [6.45, 7) is 13.2. The molecule has 7 nitrogen and oxygen atoms in total. The van der Waals surface area contributed by atoms with Gasteiger partial charge in [-0.2, -0.15) is 0 Å². The maximum Gasteiger partial charge on any atom is 0.144 e. The Morgan fingerprint density at radius 1 is 1.03 bits per heavy atom. The second-order valence-corrected chi connectivity index (χ2v) is 17.0. The number of fused-ring (bicyclic) bond motifs is 1. The Balaban J connectivity index is 1.46. The third-order valence-electron chi connectivity index (χ3n) is 7.48.